The summed E-state index contributed by atoms with van der Waals surface area (Å²) in [6, 6.07) is 3.33. The van der Waals surface area contributed by atoms with Crippen LogP contribution in [0.1, 0.15) is 5.56 Å². The molecule has 0 radical (unpaired) electrons. The van der Waals surface area contributed by atoms with Crippen LogP contribution in [0, 0.1) is 0 Å². The Hall–Kier alpha value is -0.220. The number of alkyl halides is 3. The van der Waals surface area contributed by atoms with Crippen molar-refractivity contribution >= 4 is 40.7 Å². The quantitative estimate of drug-likeness (QED) is 0.526. The van der Waals surface area contributed by atoms with E-state index in [0.29, 0.717) is 5.56 Å². The molecule has 0 saturated carbocycles. The molecule has 0 aliphatic carbocycles. The van der Waals surface area contributed by atoms with Crippen LogP contribution in [-0.2, 0) is 15.1 Å². The Morgan fingerprint density at radius 2 is 1.88 bits per heavy atom. The SMILES string of the molecule is CNC(=O)C[n+]1ccc(C(Cl)(Cl)Cl)cc1.[Cl-]. The fourth-order valence-corrected chi connectivity index (χ4v) is 1.37. The third-order valence-corrected chi connectivity index (χ3v) is 2.48. The highest BCUT2D eigenvalue weighted by atomic mass is 35.6. The van der Waals surface area contributed by atoms with Gasteiger partial charge in [-0.15, -0.1) is 0 Å². The van der Waals surface area contributed by atoms with E-state index in [2.05, 4.69) is 5.32 Å². The molecule has 0 spiro atoms. The number of halogens is 4. The highest BCUT2D eigenvalue weighted by Crippen LogP contribution is 2.37. The third-order valence-electron chi connectivity index (χ3n) is 1.82. The molecule has 7 heteroatoms. The Labute approximate surface area is 115 Å². The minimum Gasteiger partial charge on any atom is -1.00 e. The van der Waals surface area contributed by atoms with Gasteiger partial charge in [-0.2, -0.15) is 4.57 Å². The molecule has 3 nitrogen and oxygen atoms in total. The first-order valence-corrected chi connectivity index (χ1v) is 5.34. The maximum Gasteiger partial charge on any atom is 0.285 e. The van der Waals surface area contributed by atoms with E-state index in [1.807, 2.05) is 0 Å². The monoisotopic (exact) mass is 302 g/mol. The van der Waals surface area contributed by atoms with Crippen LogP contribution in [0.15, 0.2) is 24.5 Å². The van der Waals surface area contributed by atoms with Crippen molar-refractivity contribution in [3.8, 4) is 0 Å². The molecule has 16 heavy (non-hydrogen) atoms. The molecule has 1 rings (SSSR count). The van der Waals surface area contributed by atoms with E-state index < -0.39 is 3.79 Å². The summed E-state index contributed by atoms with van der Waals surface area (Å²) in [6.07, 6.45) is 3.37. The van der Waals surface area contributed by atoms with Crippen molar-refractivity contribution in [1.29, 1.82) is 0 Å². The van der Waals surface area contributed by atoms with Crippen molar-refractivity contribution in [2.24, 2.45) is 0 Å². The minimum atomic E-state index is -1.42. The van der Waals surface area contributed by atoms with Gasteiger partial charge in [-0.3, -0.25) is 4.79 Å². The second-order valence-electron chi connectivity index (χ2n) is 2.93. The molecule has 1 aromatic rings. The molecule has 0 aromatic carbocycles. The zero-order valence-electron chi connectivity index (χ0n) is 8.38. The Kier molecular flexibility index (Phi) is 6.41. The summed E-state index contributed by atoms with van der Waals surface area (Å²) in [6.45, 7) is 0.247. The molecule has 0 fully saturated rings. The zero-order chi connectivity index (χ0) is 11.5. The molecule has 0 bridgehead atoms. The van der Waals surface area contributed by atoms with Crippen LogP contribution in [0.3, 0.4) is 0 Å². The normalized spacial score (nSPS) is 10.5. The molecule has 0 atom stereocenters. The van der Waals surface area contributed by atoms with Crippen molar-refractivity contribution in [2.45, 2.75) is 10.3 Å². The Bertz CT molecular complexity index is 348. The average molecular weight is 304 g/mol. The summed E-state index contributed by atoms with van der Waals surface area (Å²) in [5.41, 5.74) is 0.570. The van der Waals surface area contributed by atoms with E-state index in [1.54, 1.807) is 36.1 Å². The van der Waals surface area contributed by atoms with E-state index in [0.717, 1.165) is 0 Å². The lowest BCUT2D eigenvalue weighted by Gasteiger charge is -2.09. The zero-order valence-corrected chi connectivity index (χ0v) is 11.4. The number of nitrogens with one attached hydrogen (secondary N) is 1. The Morgan fingerprint density at radius 1 is 1.38 bits per heavy atom. The molecule has 0 unspecified atom stereocenters. The molecule has 1 amide bonds. The van der Waals surface area contributed by atoms with E-state index in [-0.39, 0.29) is 24.9 Å². The maximum atomic E-state index is 11.1. The fraction of sp³-hybridized carbons (Fsp3) is 0.333. The van der Waals surface area contributed by atoms with E-state index in [1.165, 1.54) is 0 Å². The topological polar surface area (TPSA) is 33.0 Å². The van der Waals surface area contributed by atoms with Crippen molar-refractivity contribution in [1.82, 2.24) is 5.32 Å². The van der Waals surface area contributed by atoms with Crippen LogP contribution in [0.4, 0.5) is 0 Å². The summed E-state index contributed by atoms with van der Waals surface area (Å²) in [4.78, 5) is 11.1. The number of hydrogen-bond donors (Lipinski definition) is 1. The molecule has 1 aromatic heterocycles. The van der Waals surface area contributed by atoms with Gasteiger partial charge in [0.05, 0.1) is 0 Å². The van der Waals surface area contributed by atoms with Gasteiger partial charge in [-0.05, 0) is 0 Å². The molecule has 0 aliphatic heterocycles. The number of rotatable bonds is 2. The van der Waals surface area contributed by atoms with Gasteiger partial charge in [-0.25, -0.2) is 0 Å². The lowest BCUT2D eigenvalue weighted by atomic mass is 10.3. The van der Waals surface area contributed by atoms with Crippen LogP contribution in [0.25, 0.3) is 0 Å². The predicted molar refractivity (Wildman–Crippen MR) is 59.9 cm³/mol. The summed E-state index contributed by atoms with van der Waals surface area (Å²) >= 11 is 17.1. The second kappa shape index (κ2) is 6.50. The van der Waals surface area contributed by atoms with Gasteiger partial charge in [0.15, 0.2) is 12.4 Å². The first-order chi connectivity index (χ1) is 6.93. The standard InChI is InChI=1S/C9H9Cl3N2O.ClH/c1-13-8(15)6-14-4-2-7(3-5-14)9(10,11)12;/h2-5H,6H2,1H3;1H. The number of hydrogen-bond acceptors (Lipinski definition) is 1. The van der Waals surface area contributed by atoms with Gasteiger partial charge in [0.1, 0.15) is 0 Å². The number of aromatic nitrogens is 1. The smallest absolute Gasteiger partial charge is 0.285 e. The van der Waals surface area contributed by atoms with Crippen molar-refractivity contribution in [3.63, 3.8) is 0 Å². The van der Waals surface area contributed by atoms with Gasteiger partial charge in [0, 0.05) is 24.7 Å². The van der Waals surface area contributed by atoms with Crippen LogP contribution in [0.2, 0.25) is 0 Å². The third kappa shape index (κ3) is 4.74. The largest absolute Gasteiger partial charge is 1.00 e. The molecule has 0 aliphatic rings. The van der Waals surface area contributed by atoms with Crippen LogP contribution in [0.5, 0.6) is 0 Å². The van der Waals surface area contributed by atoms with Crippen LogP contribution >= 0.6 is 34.8 Å². The number of carbonyl (C=O) groups is 1. The lowest BCUT2D eigenvalue weighted by molar-refractivity contribution is -0.684. The van der Waals surface area contributed by atoms with Gasteiger partial charge >= 0.3 is 0 Å². The fourth-order valence-electron chi connectivity index (χ4n) is 0.997. The number of carbonyl (C=O) groups excluding carboxylic acids is 1. The number of pyridine rings is 1. The highest BCUT2D eigenvalue weighted by molar-refractivity contribution is 6.66. The first-order valence-electron chi connectivity index (χ1n) is 4.20. The van der Waals surface area contributed by atoms with E-state index >= 15 is 0 Å². The average Bonchev–Trinajstić information content (AvgIpc) is 2.17. The van der Waals surface area contributed by atoms with Gasteiger partial charge < -0.3 is 17.7 Å². The summed E-state index contributed by atoms with van der Waals surface area (Å²) < 4.78 is 0.269. The molecular formula is C9H10Cl4N2O. The number of nitrogens with zero attached hydrogens (tertiary/aromatic N) is 1. The molecule has 1 N–H and O–H groups in total. The summed E-state index contributed by atoms with van der Waals surface area (Å²) in [5, 5.41) is 2.52. The molecule has 1 heterocycles. The summed E-state index contributed by atoms with van der Waals surface area (Å²) in [7, 11) is 1.58. The van der Waals surface area contributed by atoms with Crippen molar-refractivity contribution in [2.75, 3.05) is 7.05 Å². The Balaban J connectivity index is 0.00000225. The molecular weight excluding hydrogens is 294 g/mol. The van der Waals surface area contributed by atoms with Crippen LogP contribution in [-0.4, -0.2) is 13.0 Å². The Morgan fingerprint density at radius 3 is 2.25 bits per heavy atom. The second-order valence-corrected chi connectivity index (χ2v) is 5.21. The van der Waals surface area contributed by atoms with E-state index in [9.17, 15) is 4.79 Å². The van der Waals surface area contributed by atoms with Gasteiger partial charge in [-0.1, -0.05) is 34.8 Å². The summed E-state index contributed by atoms with van der Waals surface area (Å²) in [5.74, 6) is -0.0818. The van der Waals surface area contributed by atoms with Crippen LogP contribution < -0.4 is 22.3 Å². The number of amides is 1. The van der Waals surface area contributed by atoms with E-state index in [4.69, 9.17) is 34.8 Å². The molecule has 0 saturated heterocycles. The first kappa shape index (κ1) is 15.8. The van der Waals surface area contributed by atoms with Gasteiger partial charge in [0.2, 0.25) is 10.3 Å². The molecule has 90 valence electrons. The number of likely N-dealkylation sites (N-methyl/N-ethyl adjacent to an activating group) is 1. The maximum absolute atomic E-state index is 11.1. The van der Waals surface area contributed by atoms with Crippen molar-refractivity contribution in [3.05, 3.63) is 30.1 Å². The van der Waals surface area contributed by atoms with Crippen molar-refractivity contribution < 1.29 is 21.8 Å². The highest BCUT2D eigenvalue weighted by Gasteiger charge is 2.23. The van der Waals surface area contributed by atoms with Gasteiger partial charge in [0.25, 0.3) is 5.91 Å². The minimum absolute atomic E-state index is 0. The predicted octanol–water partition coefficient (Wildman–Crippen LogP) is -1.45. The lowest BCUT2D eigenvalue weighted by Crippen LogP contribution is -3.00.